The zero-order valence-corrected chi connectivity index (χ0v) is 13.1. The maximum absolute atomic E-state index is 13.7. The fourth-order valence-corrected chi connectivity index (χ4v) is 2.53. The lowest BCUT2D eigenvalue weighted by molar-refractivity contribution is 0.517. The Bertz CT molecular complexity index is 718. The van der Waals surface area contributed by atoms with E-state index in [2.05, 4.69) is 13.8 Å². The van der Waals surface area contributed by atoms with Crippen molar-refractivity contribution in [3.05, 3.63) is 45.1 Å². The first-order chi connectivity index (χ1) is 9.86. The summed E-state index contributed by atoms with van der Waals surface area (Å²) in [5.74, 6) is -0.198. The Morgan fingerprint density at radius 1 is 1.38 bits per heavy atom. The van der Waals surface area contributed by atoms with Crippen molar-refractivity contribution < 1.29 is 4.39 Å². The minimum Gasteiger partial charge on any atom is -0.393 e. The van der Waals surface area contributed by atoms with Gasteiger partial charge in [0.05, 0.1) is 16.4 Å². The van der Waals surface area contributed by atoms with E-state index in [4.69, 9.17) is 17.3 Å². The number of rotatable bonds is 4. The molecule has 0 aliphatic rings. The number of hydrogen-bond donors (Lipinski definition) is 1. The molecule has 0 bridgehead atoms. The van der Waals surface area contributed by atoms with Crippen LogP contribution in [0.2, 0.25) is 5.02 Å². The quantitative estimate of drug-likeness (QED) is 0.942. The fourth-order valence-electron chi connectivity index (χ4n) is 2.41. The molecule has 1 heterocycles. The van der Waals surface area contributed by atoms with Crippen molar-refractivity contribution in [1.82, 2.24) is 9.36 Å². The molecule has 21 heavy (non-hydrogen) atoms. The van der Waals surface area contributed by atoms with Crippen molar-refractivity contribution in [3.8, 4) is 5.69 Å². The third-order valence-corrected chi connectivity index (χ3v) is 3.64. The van der Waals surface area contributed by atoms with Gasteiger partial charge in [-0.25, -0.2) is 9.07 Å². The van der Waals surface area contributed by atoms with E-state index in [-0.39, 0.29) is 16.3 Å². The summed E-state index contributed by atoms with van der Waals surface area (Å²) in [5.41, 5.74) is 7.06. The summed E-state index contributed by atoms with van der Waals surface area (Å²) in [5, 5.41) is 0.0248. The Morgan fingerprint density at radius 3 is 2.57 bits per heavy atom. The van der Waals surface area contributed by atoms with Crippen molar-refractivity contribution >= 4 is 17.3 Å². The van der Waals surface area contributed by atoms with Crippen LogP contribution < -0.4 is 11.3 Å². The molecule has 2 N–H and O–H groups in total. The highest BCUT2D eigenvalue weighted by molar-refractivity contribution is 6.30. The Kier molecular flexibility index (Phi) is 4.42. The van der Waals surface area contributed by atoms with Crippen LogP contribution in [0.5, 0.6) is 0 Å². The molecule has 0 fully saturated rings. The van der Waals surface area contributed by atoms with Gasteiger partial charge in [-0.2, -0.15) is 0 Å². The number of halogens is 2. The Morgan fingerprint density at radius 2 is 2.05 bits per heavy atom. The summed E-state index contributed by atoms with van der Waals surface area (Å²) < 4.78 is 16.9. The maximum Gasteiger partial charge on any atom is 0.294 e. The van der Waals surface area contributed by atoms with Gasteiger partial charge in [0.2, 0.25) is 0 Å². The molecule has 0 unspecified atom stereocenters. The topological polar surface area (TPSA) is 52.9 Å². The molecule has 0 amide bonds. The van der Waals surface area contributed by atoms with Gasteiger partial charge < -0.3 is 5.73 Å². The zero-order valence-electron chi connectivity index (χ0n) is 12.4. The van der Waals surface area contributed by atoms with E-state index in [0.29, 0.717) is 24.6 Å². The molecule has 2 aromatic rings. The predicted octanol–water partition coefficient (Wildman–Crippen LogP) is 3.23. The molecule has 6 heteroatoms. The van der Waals surface area contributed by atoms with Gasteiger partial charge in [0.15, 0.2) is 0 Å². The third kappa shape index (κ3) is 2.83. The average Bonchev–Trinajstić information content (AvgIpc) is 2.66. The first-order valence-electron chi connectivity index (χ1n) is 6.92. The third-order valence-electron chi connectivity index (χ3n) is 3.34. The fraction of sp³-hybridized carbons (Fsp3) is 0.400. The summed E-state index contributed by atoms with van der Waals surface area (Å²) in [6, 6.07) is 4.29. The highest BCUT2D eigenvalue weighted by Gasteiger charge is 2.19. The van der Waals surface area contributed by atoms with Crippen molar-refractivity contribution in [2.75, 3.05) is 5.73 Å². The molecular formula is C15H19ClFN3O. The van der Waals surface area contributed by atoms with Crippen molar-refractivity contribution in [2.24, 2.45) is 5.92 Å². The van der Waals surface area contributed by atoms with Crippen LogP contribution in [0.25, 0.3) is 5.69 Å². The molecule has 0 aliphatic carbocycles. The number of hydrogen-bond acceptors (Lipinski definition) is 2. The number of nitrogens with zero attached hydrogens (tertiary/aromatic N) is 2. The lowest BCUT2D eigenvalue weighted by Crippen LogP contribution is -2.22. The van der Waals surface area contributed by atoms with Gasteiger partial charge in [-0.05, 0) is 31.4 Å². The van der Waals surface area contributed by atoms with Gasteiger partial charge in [0.1, 0.15) is 11.5 Å². The van der Waals surface area contributed by atoms with Gasteiger partial charge >= 0.3 is 0 Å². The van der Waals surface area contributed by atoms with Crippen molar-refractivity contribution in [1.29, 1.82) is 0 Å². The Hall–Kier alpha value is -1.75. The summed E-state index contributed by atoms with van der Waals surface area (Å²) in [6.07, 6.45) is 0.692. The van der Waals surface area contributed by atoms with E-state index in [9.17, 15) is 9.18 Å². The monoisotopic (exact) mass is 311 g/mol. The van der Waals surface area contributed by atoms with Crippen LogP contribution in [0, 0.1) is 11.7 Å². The van der Waals surface area contributed by atoms with Crippen LogP contribution in [0.15, 0.2) is 23.0 Å². The molecule has 0 saturated heterocycles. The number of nitrogens with two attached hydrogens (primary N) is 1. The van der Waals surface area contributed by atoms with Gasteiger partial charge in [-0.15, -0.1) is 0 Å². The van der Waals surface area contributed by atoms with Crippen LogP contribution >= 0.6 is 11.6 Å². The average molecular weight is 312 g/mol. The normalized spacial score (nSPS) is 11.3. The van der Waals surface area contributed by atoms with Crippen LogP contribution in [0.1, 0.15) is 26.5 Å². The van der Waals surface area contributed by atoms with Crippen molar-refractivity contribution in [3.63, 3.8) is 0 Å². The number of anilines is 1. The molecule has 4 nitrogen and oxygen atoms in total. The highest BCUT2D eigenvalue weighted by Crippen LogP contribution is 2.21. The largest absolute Gasteiger partial charge is 0.393 e. The second-order valence-corrected chi connectivity index (χ2v) is 5.80. The zero-order chi connectivity index (χ0) is 15.7. The molecule has 0 spiro atoms. The molecule has 0 radical (unpaired) electrons. The van der Waals surface area contributed by atoms with Crippen LogP contribution in [0.3, 0.4) is 0 Å². The molecule has 1 aromatic carbocycles. The first kappa shape index (κ1) is 15.6. The molecule has 0 atom stereocenters. The summed E-state index contributed by atoms with van der Waals surface area (Å²) >= 11 is 5.69. The summed E-state index contributed by atoms with van der Waals surface area (Å²) in [4.78, 5) is 12.4. The van der Waals surface area contributed by atoms with E-state index >= 15 is 0 Å². The maximum atomic E-state index is 13.7. The standard InChI is InChI=1S/C15H19ClFN3O/c1-4-19-13(7-9(2)3)14(18)15(21)20(19)10-5-6-11(16)12(17)8-10/h5-6,8-9H,4,7,18H2,1-3H3. The van der Waals surface area contributed by atoms with Crippen LogP contribution in [-0.2, 0) is 13.0 Å². The smallest absolute Gasteiger partial charge is 0.294 e. The highest BCUT2D eigenvalue weighted by atomic mass is 35.5. The molecule has 1 aromatic heterocycles. The number of nitrogen functional groups attached to an aromatic ring is 1. The SMILES string of the molecule is CCn1c(CC(C)C)c(N)c(=O)n1-c1ccc(Cl)c(F)c1. The molecule has 0 saturated carbocycles. The lowest BCUT2D eigenvalue weighted by atomic mass is 10.1. The number of aromatic nitrogens is 2. The summed E-state index contributed by atoms with van der Waals surface area (Å²) in [7, 11) is 0. The van der Waals surface area contributed by atoms with E-state index < -0.39 is 5.82 Å². The van der Waals surface area contributed by atoms with E-state index in [1.807, 2.05) is 6.92 Å². The summed E-state index contributed by atoms with van der Waals surface area (Å²) in [6.45, 7) is 6.61. The van der Waals surface area contributed by atoms with Gasteiger partial charge in [-0.1, -0.05) is 25.4 Å². The van der Waals surface area contributed by atoms with Crippen molar-refractivity contribution in [2.45, 2.75) is 33.7 Å². The first-order valence-corrected chi connectivity index (χ1v) is 7.30. The van der Waals surface area contributed by atoms with Crippen LogP contribution in [-0.4, -0.2) is 9.36 Å². The molecule has 114 valence electrons. The molecular weight excluding hydrogens is 293 g/mol. The molecule has 2 rings (SSSR count). The van der Waals surface area contributed by atoms with Gasteiger partial charge in [0, 0.05) is 12.6 Å². The predicted molar refractivity (Wildman–Crippen MR) is 83.6 cm³/mol. The minimum absolute atomic E-state index is 0.0248. The van der Waals surface area contributed by atoms with E-state index in [0.717, 1.165) is 5.69 Å². The number of benzene rings is 1. The van der Waals surface area contributed by atoms with Gasteiger partial charge in [-0.3, -0.25) is 9.48 Å². The van der Waals surface area contributed by atoms with E-state index in [1.54, 1.807) is 10.7 Å². The Labute approximate surface area is 127 Å². The minimum atomic E-state index is -0.561. The Balaban J connectivity index is 2.68. The molecule has 0 aliphatic heterocycles. The van der Waals surface area contributed by atoms with Gasteiger partial charge in [0.25, 0.3) is 5.56 Å². The lowest BCUT2D eigenvalue weighted by Gasteiger charge is -2.14. The van der Waals surface area contributed by atoms with Crippen LogP contribution in [0.4, 0.5) is 10.1 Å². The second-order valence-electron chi connectivity index (χ2n) is 5.39. The van der Waals surface area contributed by atoms with E-state index in [1.165, 1.54) is 16.8 Å². The second kappa shape index (κ2) is 5.93.